The van der Waals surface area contributed by atoms with Crippen molar-refractivity contribution < 1.29 is 24.2 Å². The van der Waals surface area contributed by atoms with Gasteiger partial charge in [-0.3, -0.25) is 14.5 Å². The van der Waals surface area contributed by atoms with Crippen LogP contribution < -0.4 is 15.8 Å². The first-order chi connectivity index (χ1) is 14.3. The lowest BCUT2D eigenvalue weighted by atomic mass is 9.84. The lowest BCUT2D eigenvalue weighted by Crippen LogP contribution is -2.57. The molecule has 2 atom stereocenters. The zero-order valence-electron chi connectivity index (χ0n) is 17.4. The summed E-state index contributed by atoms with van der Waals surface area (Å²) in [6, 6.07) is 3.28. The minimum Gasteiger partial charge on any atom is -0.496 e. The maximum absolute atomic E-state index is 12.9. The molecule has 1 aromatic carbocycles. The van der Waals surface area contributed by atoms with Crippen LogP contribution in [-0.2, 0) is 9.53 Å². The molecule has 2 unspecified atom stereocenters. The fourth-order valence-corrected chi connectivity index (χ4v) is 4.69. The summed E-state index contributed by atoms with van der Waals surface area (Å²) >= 11 is 6.09. The third kappa shape index (κ3) is 4.99. The van der Waals surface area contributed by atoms with Crippen molar-refractivity contribution >= 4 is 29.2 Å². The normalized spacial score (nSPS) is 27.4. The van der Waals surface area contributed by atoms with E-state index in [1.165, 1.54) is 13.2 Å². The van der Waals surface area contributed by atoms with Crippen LogP contribution in [0.25, 0.3) is 0 Å². The van der Waals surface area contributed by atoms with Gasteiger partial charge in [0.15, 0.2) is 0 Å². The fourth-order valence-electron chi connectivity index (χ4n) is 4.53. The quantitative estimate of drug-likeness (QED) is 0.583. The van der Waals surface area contributed by atoms with Crippen molar-refractivity contribution in [1.82, 2.24) is 10.2 Å². The number of hydrogen-bond donors (Lipinski definition) is 3. The molecule has 1 aliphatic carbocycles. The Labute approximate surface area is 181 Å². The molecule has 9 heteroatoms. The molecular formula is C21H30ClN3O5. The number of carboxylic acids is 1. The molecule has 2 aliphatic rings. The Balaban J connectivity index is 1.62. The summed E-state index contributed by atoms with van der Waals surface area (Å²) in [5.74, 6) is -0.826. The van der Waals surface area contributed by atoms with Gasteiger partial charge in [-0.1, -0.05) is 11.6 Å². The Morgan fingerprint density at radius 3 is 2.50 bits per heavy atom. The molecule has 0 aromatic heterocycles. The predicted octanol–water partition coefficient (Wildman–Crippen LogP) is 2.39. The molecule has 1 saturated heterocycles. The molecule has 1 saturated carbocycles. The monoisotopic (exact) mass is 439 g/mol. The number of nitrogens with zero attached hydrogens (tertiary/aromatic N) is 1. The number of ether oxygens (including phenoxy) is 2. The number of halogens is 1. The van der Waals surface area contributed by atoms with Gasteiger partial charge >= 0.3 is 5.97 Å². The SMILES string of the molecule is COc1cc(N)c(Cl)cc1C(=O)NC1CCN(C2CCC(C(=O)O)CC2)CC1OC. The second-order valence-corrected chi connectivity index (χ2v) is 8.46. The number of anilines is 1. The van der Waals surface area contributed by atoms with E-state index >= 15 is 0 Å². The van der Waals surface area contributed by atoms with E-state index in [2.05, 4.69) is 10.2 Å². The van der Waals surface area contributed by atoms with Crippen molar-refractivity contribution in [3.05, 3.63) is 22.7 Å². The fraction of sp³-hybridized carbons (Fsp3) is 0.619. The van der Waals surface area contributed by atoms with Crippen LogP contribution in [0, 0.1) is 5.92 Å². The smallest absolute Gasteiger partial charge is 0.306 e. The highest BCUT2D eigenvalue weighted by atomic mass is 35.5. The third-order valence-electron chi connectivity index (χ3n) is 6.34. The van der Waals surface area contributed by atoms with Crippen LogP contribution in [0.3, 0.4) is 0 Å². The number of aliphatic carboxylic acids is 1. The van der Waals surface area contributed by atoms with Gasteiger partial charge in [0.2, 0.25) is 0 Å². The molecule has 0 bridgehead atoms. The van der Waals surface area contributed by atoms with E-state index in [0.29, 0.717) is 47.5 Å². The Hall–Kier alpha value is -2.03. The summed E-state index contributed by atoms with van der Waals surface area (Å²) in [7, 11) is 3.13. The molecule has 8 nitrogen and oxygen atoms in total. The highest BCUT2D eigenvalue weighted by molar-refractivity contribution is 6.33. The first-order valence-corrected chi connectivity index (χ1v) is 10.6. The molecule has 166 valence electrons. The number of nitrogens with one attached hydrogen (secondary N) is 1. The molecule has 30 heavy (non-hydrogen) atoms. The summed E-state index contributed by atoms with van der Waals surface area (Å²) in [4.78, 5) is 26.4. The summed E-state index contributed by atoms with van der Waals surface area (Å²) in [5.41, 5.74) is 6.49. The number of benzene rings is 1. The molecule has 0 spiro atoms. The van der Waals surface area contributed by atoms with E-state index in [-0.39, 0.29) is 24.0 Å². The molecule has 2 fully saturated rings. The number of likely N-dealkylation sites (tertiary alicyclic amines) is 1. The van der Waals surface area contributed by atoms with E-state index in [9.17, 15) is 14.7 Å². The van der Waals surface area contributed by atoms with Crippen LogP contribution >= 0.6 is 11.6 Å². The molecule has 4 N–H and O–H groups in total. The predicted molar refractivity (Wildman–Crippen MR) is 114 cm³/mol. The topological polar surface area (TPSA) is 114 Å². The van der Waals surface area contributed by atoms with Crippen LogP contribution in [0.4, 0.5) is 5.69 Å². The zero-order valence-corrected chi connectivity index (χ0v) is 18.2. The van der Waals surface area contributed by atoms with E-state index in [4.69, 9.17) is 26.8 Å². The lowest BCUT2D eigenvalue weighted by molar-refractivity contribution is -0.143. The minimum absolute atomic E-state index is 0.143. The van der Waals surface area contributed by atoms with Crippen molar-refractivity contribution in [2.24, 2.45) is 5.92 Å². The van der Waals surface area contributed by atoms with Crippen LogP contribution in [0.15, 0.2) is 12.1 Å². The average Bonchev–Trinajstić information content (AvgIpc) is 2.75. The second-order valence-electron chi connectivity index (χ2n) is 8.06. The molecule has 1 aliphatic heterocycles. The summed E-state index contributed by atoms with van der Waals surface area (Å²) < 4.78 is 11.0. The largest absolute Gasteiger partial charge is 0.496 e. The van der Waals surface area contributed by atoms with Crippen molar-refractivity contribution in [2.75, 3.05) is 33.0 Å². The Morgan fingerprint density at radius 1 is 1.20 bits per heavy atom. The average molecular weight is 440 g/mol. The zero-order chi connectivity index (χ0) is 21.8. The standard InChI is InChI=1S/C21H30ClN3O5/c1-29-18-10-16(23)15(22)9-14(18)20(26)24-17-7-8-25(11-19(17)30-2)13-5-3-12(4-6-13)21(27)28/h9-10,12-13,17,19H,3-8,11,23H2,1-2H3,(H,24,26)(H,27,28). The van der Waals surface area contributed by atoms with Crippen LogP contribution in [0.5, 0.6) is 5.75 Å². The summed E-state index contributed by atoms with van der Waals surface area (Å²) in [5, 5.41) is 12.6. The molecule has 1 heterocycles. The maximum atomic E-state index is 12.9. The molecule has 0 radical (unpaired) electrons. The van der Waals surface area contributed by atoms with Crippen molar-refractivity contribution in [1.29, 1.82) is 0 Å². The van der Waals surface area contributed by atoms with Crippen LogP contribution in [0.1, 0.15) is 42.5 Å². The number of carbonyl (C=O) groups is 2. The summed E-state index contributed by atoms with van der Waals surface area (Å²) in [6.45, 7) is 1.52. The first-order valence-electron chi connectivity index (χ1n) is 10.3. The number of carbonyl (C=O) groups excluding carboxylic acids is 1. The third-order valence-corrected chi connectivity index (χ3v) is 6.66. The molecule has 3 rings (SSSR count). The second kappa shape index (κ2) is 9.85. The van der Waals surface area contributed by atoms with Gasteiger partial charge in [0.05, 0.1) is 41.4 Å². The van der Waals surface area contributed by atoms with Gasteiger partial charge in [-0.2, -0.15) is 0 Å². The molecule has 1 amide bonds. The van der Waals surface area contributed by atoms with E-state index < -0.39 is 5.97 Å². The Kier molecular flexibility index (Phi) is 7.44. The number of methoxy groups -OCH3 is 2. The van der Waals surface area contributed by atoms with Gasteiger partial charge in [-0.25, -0.2) is 0 Å². The Morgan fingerprint density at radius 2 is 1.90 bits per heavy atom. The van der Waals surface area contributed by atoms with Crippen molar-refractivity contribution in [3.63, 3.8) is 0 Å². The Bertz CT molecular complexity index is 782. The van der Waals surface area contributed by atoms with E-state index in [1.54, 1.807) is 13.2 Å². The van der Waals surface area contributed by atoms with Crippen molar-refractivity contribution in [2.45, 2.75) is 50.3 Å². The highest BCUT2D eigenvalue weighted by Crippen LogP contribution is 2.31. The van der Waals surface area contributed by atoms with Gasteiger partial charge < -0.3 is 25.6 Å². The number of hydrogen-bond acceptors (Lipinski definition) is 6. The number of carboxylic acid groups (broad SMARTS) is 1. The lowest BCUT2D eigenvalue weighted by Gasteiger charge is -2.43. The van der Waals surface area contributed by atoms with Gasteiger partial charge in [0, 0.05) is 32.3 Å². The van der Waals surface area contributed by atoms with Crippen LogP contribution in [0.2, 0.25) is 5.02 Å². The van der Waals surface area contributed by atoms with Gasteiger partial charge in [-0.05, 0) is 38.2 Å². The summed E-state index contributed by atoms with van der Waals surface area (Å²) in [6.07, 6.45) is 3.78. The number of piperidine rings is 1. The molecule has 1 aromatic rings. The van der Waals surface area contributed by atoms with E-state index in [1.807, 2.05) is 0 Å². The first kappa shape index (κ1) is 22.7. The molecular weight excluding hydrogens is 410 g/mol. The van der Waals surface area contributed by atoms with Crippen LogP contribution in [-0.4, -0.2) is 67.4 Å². The number of nitrogen functional groups attached to an aromatic ring is 1. The number of amides is 1. The minimum atomic E-state index is -0.692. The van der Waals surface area contributed by atoms with Gasteiger partial charge in [0.1, 0.15) is 5.75 Å². The number of nitrogens with two attached hydrogens (primary N) is 1. The highest BCUT2D eigenvalue weighted by Gasteiger charge is 2.36. The maximum Gasteiger partial charge on any atom is 0.306 e. The van der Waals surface area contributed by atoms with Gasteiger partial charge in [0.25, 0.3) is 5.91 Å². The van der Waals surface area contributed by atoms with Gasteiger partial charge in [-0.15, -0.1) is 0 Å². The van der Waals surface area contributed by atoms with E-state index in [0.717, 1.165) is 25.8 Å². The van der Waals surface area contributed by atoms with Crippen molar-refractivity contribution in [3.8, 4) is 5.75 Å². The number of rotatable bonds is 6.